The van der Waals surface area contributed by atoms with Crippen molar-refractivity contribution in [3.63, 3.8) is 0 Å². The second-order valence-corrected chi connectivity index (χ2v) is 6.59. The van der Waals surface area contributed by atoms with Gasteiger partial charge in [0.05, 0.1) is 0 Å². The number of rotatable bonds is 4. The first kappa shape index (κ1) is 21.1. The molecule has 1 aromatic rings. The molecule has 0 atom stereocenters. The molecule has 0 spiro atoms. The average Bonchev–Trinajstić information content (AvgIpc) is 2.84. The van der Waals surface area contributed by atoms with Crippen LogP contribution in [0.15, 0.2) is 28.7 Å². The number of carboxylic acids is 2. The maximum atomic E-state index is 11.9. The Morgan fingerprint density at radius 2 is 1.48 bits per heavy atom. The molecule has 1 amide bonds. The molecule has 0 aromatic heterocycles. The second kappa shape index (κ2) is 11.6. The first-order chi connectivity index (χ1) is 11.9. The van der Waals surface area contributed by atoms with Crippen LogP contribution in [0.2, 0.25) is 0 Å². The molecule has 8 heteroatoms. The van der Waals surface area contributed by atoms with Gasteiger partial charge in [-0.05, 0) is 50.2 Å². The lowest BCUT2D eigenvalue weighted by molar-refractivity contribution is -0.159. The minimum Gasteiger partial charge on any atom is -0.473 e. The maximum absolute atomic E-state index is 11.9. The molecule has 1 aliphatic heterocycles. The number of nitrogens with zero attached hydrogens (tertiary/aromatic N) is 1. The Morgan fingerprint density at radius 1 is 0.960 bits per heavy atom. The highest BCUT2D eigenvalue weighted by Crippen LogP contribution is 2.14. The van der Waals surface area contributed by atoms with Crippen molar-refractivity contribution in [2.75, 3.05) is 25.0 Å². The van der Waals surface area contributed by atoms with E-state index in [9.17, 15) is 4.79 Å². The summed E-state index contributed by atoms with van der Waals surface area (Å²) in [6, 6.07) is 7.69. The number of carbonyl (C=O) groups is 3. The third kappa shape index (κ3) is 9.83. The largest absolute Gasteiger partial charge is 0.473 e. The minimum atomic E-state index is -1.82. The molecule has 1 heterocycles. The first-order valence-electron chi connectivity index (χ1n) is 8.12. The number of nitrogens with one attached hydrogen (secondary N) is 1. The van der Waals surface area contributed by atoms with Crippen LogP contribution >= 0.6 is 15.9 Å². The fraction of sp³-hybridized carbons (Fsp3) is 0.471. The lowest BCUT2D eigenvalue weighted by Gasteiger charge is -2.19. The predicted molar refractivity (Wildman–Crippen MR) is 97.6 cm³/mol. The van der Waals surface area contributed by atoms with Crippen LogP contribution in [-0.2, 0) is 14.4 Å². The van der Waals surface area contributed by atoms with E-state index in [1.165, 1.54) is 25.7 Å². The number of likely N-dealkylation sites (tertiary alicyclic amines) is 1. The van der Waals surface area contributed by atoms with E-state index in [0.717, 1.165) is 29.8 Å². The van der Waals surface area contributed by atoms with E-state index < -0.39 is 11.9 Å². The molecule has 1 saturated heterocycles. The number of amides is 1. The van der Waals surface area contributed by atoms with E-state index in [2.05, 4.69) is 26.1 Å². The van der Waals surface area contributed by atoms with Crippen molar-refractivity contribution < 1.29 is 24.6 Å². The highest BCUT2D eigenvalue weighted by molar-refractivity contribution is 9.10. The summed E-state index contributed by atoms with van der Waals surface area (Å²) in [6.07, 6.45) is 5.79. The maximum Gasteiger partial charge on any atom is 0.414 e. The smallest absolute Gasteiger partial charge is 0.414 e. The van der Waals surface area contributed by atoms with Crippen LogP contribution < -0.4 is 5.32 Å². The molecule has 1 fully saturated rings. The number of carboxylic acid groups (broad SMARTS) is 2. The van der Waals surface area contributed by atoms with Gasteiger partial charge >= 0.3 is 11.9 Å². The van der Waals surface area contributed by atoms with Gasteiger partial charge in [0.25, 0.3) is 0 Å². The summed E-state index contributed by atoms with van der Waals surface area (Å²) in [7, 11) is 0. The van der Waals surface area contributed by atoms with Crippen molar-refractivity contribution in [2.45, 2.75) is 32.1 Å². The molecule has 138 valence electrons. The lowest BCUT2D eigenvalue weighted by Crippen LogP contribution is -2.28. The Hall–Kier alpha value is -1.93. The van der Waals surface area contributed by atoms with E-state index in [-0.39, 0.29) is 5.91 Å². The molecule has 2 rings (SSSR count). The molecule has 0 aliphatic carbocycles. The van der Waals surface area contributed by atoms with Gasteiger partial charge in [-0.25, -0.2) is 9.59 Å². The van der Waals surface area contributed by atoms with Crippen molar-refractivity contribution in [1.29, 1.82) is 0 Å². The van der Waals surface area contributed by atoms with Gasteiger partial charge in [-0.3, -0.25) is 4.79 Å². The number of hydrogen-bond donors (Lipinski definition) is 3. The summed E-state index contributed by atoms with van der Waals surface area (Å²) in [6.45, 7) is 3.17. The van der Waals surface area contributed by atoms with Gasteiger partial charge in [-0.1, -0.05) is 28.8 Å². The molecule has 0 saturated carbocycles. The minimum absolute atomic E-state index is 0.103. The van der Waals surface area contributed by atoms with Gasteiger partial charge < -0.3 is 20.4 Å². The molecule has 1 aliphatic rings. The lowest BCUT2D eigenvalue weighted by atomic mass is 10.2. The molecular formula is C17H23BrN2O5. The van der Waals surface area contributed by atoms with Crippen molar-refractivity contribution in [3.8, 4) is 0 Å². The Kier molecular flexibility index (Phi) is 9.79. The summed E-state index contributed by atoms with van der Waals surface area (Å²) < 4.78 is 1.02. The molecule has 1 aromatic carbocycles. The predicted octanol–water partition coefficient (Wildman–Crippen LogP) is 2.81. The van der Waals surface area contributed by atoms with Gasteiger partial charge in [-0.2, -0.15) is 0 Å². The highest BCUT2D eigenvalue weighted by Gasteiger charge is 2.10. The van der Waals surface area contributed by atoms with Crippen LogP contribution in [0.1, 0.15) is 32.1 Å². The topological polar surface area (TPSA) is 107 Å². The summed E-state index contributed by atoms with van der Waals surface area (Å²) >= 11 is 3.38. The molecule has 3 N–H and O–H groups in total. The quantitative estimate of drug-likeness (QED) is 0.653. The molecule has 25 heavy (non-hydrogen) atoms. The Labute approximate surface area is 155 Å². The monoisotopic (exact) mass is 414 g/mol. The molecular weight excluding hydrogens is 392 g/mol. The number of carbonyl (C=O) groups excluding carboxylic acids is 1. The summed E-state index contributed by atoms with van der Waals surface area (Å²) in [4.78, 5) is 32.5. The van der Waals surface area contributed by atoms with E-state index in [1.807, 2.05) is 24.3 Å². The standard InChI is InChI=1S/C15H21BrN2O.C2H2O4/c16-13-5-7-14(8-6-13)17-15(19)9-12-18-10-3-1-2-4-11-18;3-1(4)2(5)6/h5-8H,1-4,9-12H2,(H,17,19);(H,3,4)(H,5,6). The van der Waals surface area contributed by atoms with Crippen LogP contribution in [0.5, 0.6) is 0 Å². The molecule has 7 nitrogen and oxygen atoms in total. The second-order valence-electron chi connectivity index (χ2n) is 5.67. The number of aliphatic carboxylic acids is 2. The molecule has 0 bridgehead atoms. The molecule has 0 radical (unpaired) electrons. The Bertz CT molecular complexity index is 557. The molecule has 0 unspecified atom stereocenters. The number of benzene rings is 1. The van der Waals surface area contributed by atoms with Crippen molar-refractivity contribution in [3.05, 3.63) is 28.7 Å². The highest BCUT2D eigenvalue weighted by atomic mass is 79.9. The van der Waals surface area contributed by atoms with Crippen LogP contribution in [0.4, 0.5) is 5.69 Å². The van der Waals surface area contributed by atoms with E-state index in [0.29, 0.717) is 6.42 Å². The zero-order chi connectivity index (χ0) is 18.7. The van der Waals surface area contributed by atoms with Crippen LogP contribution in [0.3, 0.4) is 0 Å². The van der Waals surface area contributed by atoms with Gasteiger partial charge in [0.1, 0.15) is 0 Å². The first-order valence-corrected chi connectivity index (χ1v) is 8.92. The third-order valence-electron chi connectivity index (χ3n) is 3.66. The van der Waals surface area contributed by atoms with E-state index >= 15 is 0 Å². The van der Waals surface area contributed by atoms with Crippen LogP contribution in [0, 0.1) is 0 Å². The van der Waals surface area contributed by atoms with E-state index in [1.54, 1.807) is 0 Å². The van der Waals surface area contributed by atoms with Gasteiger partial charge in [0.15, 0.2) is 0 Å². The number of hydrogen-bond acceptors (Lipinski definition) is 4. The van der Waals surface area contributed by atoms with Gasteiger partial charge in [-0.15, -0.1) is 0 Å². The van der Waals surface area contributed by atoms with E-state index in [4.69, 9.17) is 19.8 Å². The van der Waals surface area contributed by atoms with Crippen LogP contribution in [-0.4, -0.2) is 52.6 Å². The van der Waals surface area contributed by atoms with Crippen LogP contribution in [0.25, 0.3) is 0 Å². The SMILES string of the molecule is O=C(CCN1CCCCCC1)Nc1ccc(Br)cc1.O=C(O)C(=O)O. The average molecular weight is 415 g/mol. The zero-order valence-corrected chi connectivity index (χ0v) is 15.5. The number of halogens is 1. The van der Waals surface area contributed by atoms with Crippen molar-refractivity contribution in [2.24, 2.45) is 0 Å². The normalized spacial score (nSPS) is 14.6. The summed E-state index contributed by atoms with van der Waals surface area (Å²) in [5, 5.41) is 17.7. The Morgan fingerprint density at radius 3 is 1.96 bits per heavy atom. The number of anilines is 1. The van der Waals surface area contributed by atoms with Gasteiger partial charge in [0, 0.05) is 23.1 Å². The van der Waals surface area contributed by atoms with Crippen molar-refractivity contribution >= 4 is 39.5 Å². The summed E-state index contributed by atoms with van der Waals surface area (Å²) in [5.41, 5.74) is 0.865. The summed E-state index contributed by atoms with van der Waals surface area (Å²) in [5.74, 6) is -3.54. The zero-order valence-electron chi connectivity index (χ0n) is 13.9. The fourth-order valence-electron chi connectivity index (χ4n) is 2.38. The Balaban J connectivity index is 0.000000450. The van der Waals surface area contributed by atoms with Crippen molar-refractivity contribution in [1.82, 2.24) is 4.90 Å². The third-order valence-corrected chi connectivity index (χ3v) is 4.19. The van der Waals surface area contributed by atoms with Gasteiger partial charge in [0.2, 0.25) is 5.91 Å². The fourth-order valence-corrected chi connectivity index (χ4v) is 2.64.